The van der Waals surface area contributed by atoms with E-state index in [1.54, 1.807) is 24.3 Å². The molecule has 2 aromatic rings. The van der Waals surface area contributed by atoms with Gasteiger partial charge in [0, 0.05) is 16.4 Å². The summed E-state index contributed by atoms with van der Waals surface area (Å²) >= 11 is 11.6. The summed E-state index contributed by atoms with van der Waals surface area (Å²) in [5.74, 6) is -1.41. The molecule has 24 heavy (non-hydrogen) atoms. The first kappa shape index (κ1) is 16.7. The number of halogens is 3. The topological polar surface area (TPSA) is 58.2 Å². The molecular formula is C17H13Cl2FN2O2. The number of carbonyl (C=O) groups is 2. The Balaban J connectivity index is 1.71. The number of hydrogen-bond acceptors (Lipinski definition) is 2. The molecule has 124 valence electrons. The van der Waals surface area contributed by atoms with Gasteiger partial charge in [-0.15, -0.1) is 0 Å². The zero-order valence-corrected chi connectivity index (χ0v) is 13.9. The lowest BCUT2D eigenvalue weighted by Crippen LogP contribution is -2.35. The maximum Gasteiger partial charge on any atom is 0.240 e. The van der Waals surface area contributed by atoms with Crippen LogP contribution in [0.4, 0.5) is 15.8 Å². The highest BCUT2D eigenvalue weighted by Gasteiger charge is 2.56. The van der Waals surface area contributed by atoms with Crippen LogP contribution in [0.15, 0.2) is 42.5 Å². The van der Waals surface area contributed by atoms with E-state index in [0.29, 0.717) is 29.2 Å². The average Bonchev–Trinajstić information content (AvgIpc) is 3.33. The monoisotopic (exact) mass is 366 g/mol. The highest BCUT2D eigenvalue weighted by molar-refractivity contribution is 6.31. The molecule has 0 atom stereocenters. The Kier molecular flexibility index (Phi) is 4.47. The maximum absolute atomic E-state index is 13.2. The van der Waals surface area contributed by atoms with Gasteiger partial charge in [0.05, 0.1) is 5.02 Å². The molecule has 3 rings (SSSR count). The second-order valence-electron chi connectivity index (χ2n) is 5.63. The average molecular weight is 367 g/mol. The summed E-state index contributed by atoms with van der Waals surface area (Å²) in [6.07, 6.45) is 0.889. The predicted molar refractivity (Wildman–Crippen MR) is 91.8 cm³/mol. The molecule has 1 aliphatic carbocycles. The van der Waals surface area contributed by atoms with Gasteiger partial charge in [-0.25, -0.2) is 4.39 Å². The third-order valence-electron chi connectivity index (χ3n) is 3.88. The SMILES string of the molecule is O=C(Nc1cccc(Cl)c1)C1(C(=O)Nc2ccc(F)c(Cl)c2)CC1. The quantitative estimate of drug-likeness (QED) is 0.783. The van der Waals surface area contributed by atoms with Gasteiger partial charge < -0.3 is 10.6 Å². The van der Waals surface area contributed by atoms with Crippen molar-refractivity contribution in [1.29, 1.82) is 0 Å². The van der Waals surface area contributed by atoms with Crippen molar-refractivity contribution in [2.45, 2.75) is 12.8 Å². The molecule has 2 N–H and O–H groups in total. The molecule has 0 radical (unpaired) electrons. The molecule has 0 bridgehead atoms. The fourth-order valence-corrected chi connectivity index (χ4v) is 2.69. The van der Waals surface area contributed by atoms with E-state index >= 15 is 0 Å². The number of nitrogens with one attached hydrogen (secondary N) is 2. The van der Waals surface area contributed by atoms with Gasteiger partial charge >= 0.3 is 0 Å². The summed E-state index contributed by atoms with van der Waals surface area (Å²) in [4.78, 5) is 24.9. The van der Waals surface area contributed by atoms with E-state index in [4.69, 9.17) is 23.2 Å². The number of benzene rings is 2. The number of amides is 2. The van der Waals surface area contributed by atoms with Crippen LogP contribution in [0.3, 0.4) is 0 Å². The van der Waals surface area contributed by atoms with Gasteiger partial charge in [-0.1, -0.05) is 29.3 Å². The van der Waals surface area contributed by atoms with Crippen molar-refractivity contribution in [3.63, 3.8) is 0 Å². The van der Waals surface area contributed by atoms with Crippen molar-refractivity contribution in [1.82, 2.24) is 0 Å². The molecule has 4 nitrogen and oxygen atoms in total. The molecule has 2 amide bonds. The van der Waals surface area contributed by atoms with Crippen LogP contribution in [0, 0.1) is 11.2 Å². The van der Waals surface area contributed by atoms with Crippen molar-refractivity contribution in [3.05, 3.63) is 58.3 Å². The zero-order valence-electron chi connectivity index (χ0n) is 12.4. The van der Waals surface area contributed by atoms with Gasteiger partial charge in [-0.3, -0.25) is 9.59 Å². The molecule has 0 heterocycles. The Morgan fingerprint density at radius 2 is 1.58 bits per heavy atom. The van der Waals surface area contributed by atoms with Crippen molar-refractivity contribution in [3.8, 4) is 0 Å². The molecule has 0 aromatic heterocycles. The highest BCUT2D eigenvalue weighted by Crippen LogP contribution is 2.47. The van der Waals surface area contributed by atoms with Crippen LogP contribution in [-0.4, -0.2) is 11.8 Å². The Morgan fingerprint density at radius 1 is 0.958 bits per heavy atom. The summed E-state index contributed by atoms with van der Waals surface area (Å²) in [6, 6.07) is 10.5. The molecule has 0 unspecified atom stereocenters. The van der Waals surface area contributed by atoms with E-state index in [2.05, 4.69) is 10.6 Å². The second kappa shape index (κ2) is 6.42. The summed E-state index contributed by atoms with van der Waals surface area (Å²) in [6.45, 7) is 0. The van der Waals surface area contributed by atoms with Crippen molar-refractivity contribution < 1.29 is 14.0 Å². The fourth-order valence-electron chi connectivity index (χ4n) is 2.32. The van der Waals surface area contributed by atoms with Crippen LogP contribution in [-0.2, 0) is 9.59 Å². The smallest absolute Gasteiger partial charge is 0.240 e. The van der Waals surface area contributed by atoms with Crippen LogP contribution in [0.5, 0.6) is 0 Å². The van der Waals surface area contributed by atoms with E-state index in [1.807, 2.05) is 0 Å². The number of carbonyl (C=O) groups excluding carboxylic acids is 2. The first-order valence-corrected chi connectivity index (χ1v) is 8.00. The Morgan fingerprint density at radius 3 is 2.12 bits per heavy atom. The molecule has 1 aliphatic rings. The van der Waals surface area contributed by atoms with Gasteiger partial charge in [-0.2, -0.15) is 0 Å². The van der Waals surface area contributed by atoms with E-state index < -0.39 is 23.0 Å². The summed E-state index contributed by atoms with van der Waals surface area (Å²) in [7, 11) is 0. The molecule has 0 saturated heterocycles. The fraction of sp³-hybridized carbons (Fsp3) is 0.176. The first-order chi connectivity index (χ1) is 11.4. The van der Waals surface area contributed by atoms with E-state index in [9.17, 15) is 14.0 Å². The zero-order chi connectivity index (χ0) is 17.3. The first-order valence-electron chi connectivity index (χ1n) is 7.24. The lowest BCUT2D eigenvalue weighted by Gasteiger charge is -2.16. The summed E-state index contributed by atoms with van der Waals surface area (Å²) < 4.78 is 13.2. The van der Waals surface area contributed by atoms with Gasteiger partial charge in [0.2, 0.25) is 11.8 Å². The minimum absolute atomic E-state index is 0.0963. The molecule has 7 heteroatoms. The Bertz CT molecular complexity index is 822. The number of hydrogen-bond donors (Lipinski definition) is 2. The Hall–Kier alpha value is -2.11. The third kappa shape index (κ3) is 3.37. The third-order valence-corrected chi connectivity index (χ3v) is 4.40. The number of anilines is 2. The van der Waals surface area contributed by atoms with Crippen LogP contribution < -0.4 is 10.6 Å². The van der Waals surface area contributed by atoms with Crippen LogP contribution in [0.1, 0.15) is 12.8 Å². The maximum atomic E-state index is 13.2. The summed E-state index contributed by atoms with van der Waals surface area (Å²) in [5, 5.41) is 5.71. The van der Waals surface area contributed by atoms with Crippen LogP contribution in [0.2, 0.25) is 10.0 Å². The van der Waals surface area contributed by atoms with E-state index in [1.165, 1.54) is 12.1 Å². The molecule has 2 aromatic carbocycles. The predicted octanol–water partition coefficient (Wildman–Crippen LogP) is 4.49. The van der Waals surface area contributed by atoms with E-state index in [-0.39, 0.29) is 5.02 Å². The minimum Gasteiger partial charge on any atom is -0.325 e. The molecule has 0 aliphatic heterocycles. The standard InChI is InChI=1S/C17H13Cl2FN2O2/c18-10-2-1-3-11(8-10)21-15(23)17(6-7-17)16(24)22-12-4-5-14(20)13(19)9-12/h1-5,8-9H,6-7H2,(H,21,23)(H,22,24). The summed E-state index contributed by atoms with van der Waals surface area (Å²) in [5.41, 5.74) is -0.256. The van der Waals surface area contributed by atoms with Gasteiger partial charge in [0.15, 0.2) is 0 Å². The highest BCUT2D eigenvalue weighted by atomic mass is 35.5. The van der Waals surface area contributed by atoms with Gasteiger partial charge in [-0.05, 0) is 49.2 Å². The van der Waals surface area contributed by atoms with Crippen molar-refractivity contribution in [2.75, 3.05) is 10.6 Å². The van der Waals surface area contributed by atoms with Gasteiger partial charge in [0.25, 0.3) is 0 Å². The molecule has 1 saturated carbocycles. The van der Waals surface area contributed by atoms with Crippen molar-refractivity contribution >= 4 is 46.4 Å². The van der Waals surface area contributed by atoms with Crippen LogP contribution >= 0.6 is 23.2 Å². The largest absolute Gasteiger partial charge is 0.325 e. The lowest BCUT2D eigenvalue weighted by molar-refractivity contribution is -0.131. The second-order valence-corrected chi connectivity index (χ2v) is 6.47. The minimum atomic E-state index is -1.12. The molecule has 1 fully saturated rings. The normalized spacial score (nSPS) is 14.8. The van der Waals surface area contributed by atoms with E-state index in [0.717, 1.165) is 6.07 Å². The van der Waals surface area contributed by atoms with Gasteiger partial charge in [0.1, 0.15) is 11.2 Å². The molecule has 0 spiro atoms. The Labute approximate surface area is 148 Å². The van der Waals surface area contributed by atoms with Crippen LogP contribution in [0.25, 0.3) is 0 Å². The molecular weight excluding hydrogens is 354 g/mol. The van der Waals surface area contributed by atoms with Crippen molar-refractivity contribution in [2.24, 2.45) is 5.41 Å². The lowest BCUT2D eigenvalue weighted by atomic mass is 10.0. The number of rotatable bonds is 4.